The van der Waals surface area contributed by atoms with Gasteiger partial charge in [0.2, 0.25) is 5.91 Å². The number of nitrogens with one attached hydrogen (secondary N) is 2. The lowest BCUT2D eigenvalue weighted by Gasteiger charge is -2.12. The number of thiophene rings is 1. The number of amides is 1. The molecule has 7 heteroatoms. The molecule has 0 saturated carbocycles. The van der Waals surface area contributed by atoms with E-state index < -0.39 is 0 Å². The molecule has 0 aliphatic carbocycles. The van der Waals surface area contributed by atoms with Crippen molar-refractivity contribution in [2.45, 2.75) is 44.4 Å². The number of aromatic nitrogens is 2. The molecule has 3 aromatic rings. The normalized spacial score (nSPS) is 11.1. The first-order valence-corrected chi connectivity index (χ1v) is 10.7. The van der Waals surface area contributed by atoms with Gasteiger partial charge in [-0.05, 0) is 45.4 Å². The molecule has 27 heavy (non-hydrogen) atoms. The highest BCUT2D eigenvalue weighted by molar-refractivity contribution is 7.98. The maximum absolute atomic E-state index is 12.0. The second-order valence-electron chi connectivity index (χ2n) is 6.63. The Morgan fingerprint density at radius 1 is 1.19 bits per heavy atom. The molecule has 0 fully saturated rings. The predicted molar refractivity (Wildman–Crippen MR) is 115 cm³/mol. The Bertz CT molecular complexity index is 938. The molecule has 0 spiro atoms. The Morgan fingerprint density at radius 2 is 1.93 bits per heavy atom. The SMILES string of the molecule is Cc1sc2nc(CSc3ccccc3)nc(NCC(=O)NC(C)C)c2c1C. The number of hydrogen-bond donors (Lipinski definition) is 2. The Balaban J connectivity index is 1.84. The maximum Gasteiger partial charge on any atom is 0.239 e. The zero-order valence-electron chi connectivity index (χ0n) is 16.0. The van der Waals surface area contributed by atoms with Gasteiger partial charge in [-0.2, -0.15) is 0 Å². The molecule has 0 unspecified atom stereocenters. The zero-order chi connectivity index (χ0) is 19.4. The van der Waals surface area contributed by atoms with Gasteiger partial charge in [-0.1, -0.05) is 18.2 Å². The van der Waals surface area contributed by atoms with Gasteiger partial charge in [-0.25, -0.2) is 9.97 Å². The summed E-state index contributed by atoms with van der Waals surface area (Å²) >= 11 is 3.38. The molecule has 1 aromatic carbocycles. The van der Waals surface area contributed by atoms with Crippen LogP contribution in [-0.2, 0) is 10.5 Å². The van der Waals surface area contributed by atoms with Crippen molar-refractivity contribution >= 4 is 45.0 Å². The first-order chi connectivity index (χ1) is 12.9. The predicted octanol–water partition coefficient (Wildman–Crippen LogP) is 4.54. The van der Waals surface area contributed by atoms with Gasteiger partial charge in [-0.15, -0.1) is 23.1 Å². The minimum absolute atomic E-state index is 0.0402. The van der Waals surface area contributed by atoms with E-state index in [-0.39, 0.29) is 18.5 Å². The number of carbonyl (C=O) groups excluding carboxylic acids is 1. The summed E-state index contributed by atoms with van der Waals surface area (Å²) in [5.74, 6) is 2.15. The number of carbonyl (C=O) groups is 1. The molecule has 0 bridgehead atoms. The van der Waals surface area contributed by atoms with Gasteiger partial charge in [-0.3, -0.25) is 4.79 Å². The molecule has 1 amide bonds. The third-order valence-electron chi connectivity index (χ3n) is 4.05. The standard InChI is InChI=1S/C20H24N4OS2/c1-12(2)22-17(25)10-21-19-18-13(3)14(4)27-20(18)24-16(23-19)11-26-15-8-6-5-7-9-15/h5-9,12H,10-11H2,1-4H3,(H,22,25)(H,21,23,24). The van der Waals surface area contributed by atoms with E-state index in [1.807, 2.05) is 32.0 Å². The van der Waals surface area contributed by atoms with Gasteiger partial charge in [0.25, 0.3) is 0 Å². The van der Waals surface area contributed by atoms with E-state index in [1.54, 1.807) is 23.1 Å². The highest BCUT2D eigenvalue weighted by Crippen LogP contribution is 2.34. The van der Waals surface area contributed by atoms with Crippen LogP contribution in [0, 0.1) is 13.8 Å². The molecule has 0 saturated heterocycles. The van der Waals surface area contributed by atoms with E-state index in [1.165, 1.54) is 15.3 Å². The van der Waals surface area contributed by atoms with Gasteiger partial charge >= 0.3 is 0 Å². The first kappa shape index (κ1) is 19.6. The number of hydrogen-bond acceptors (Lipinski definition) is 6. The molecule has 0 aliphatic heterocycles. The number of fused-ring (bicyclic) bond motifs is 1. The number of nitrogens with zero attached hydrogens (tertiary/aromatic N) is 2. The number of thioether (sulfide) groups is 1. The molecule has 142 valence electrons. The lowest BCUT2D eigenvalue weighted by Crippen LogP contribution is -2.35. The van der Waals surface area contributed by atoms with Crippen LogP contribution >= 0.6 is 23.1 Å². The molecule has 2 N–H and O–H groups in total. The fourth-order valence-corrected chi connectivity index (χ4v) is 4.51. The quantitative estimate of drug-likeness (QED) is 0.570. The molecule has 2 heterocycles. The molecule has 2 aromatic heterocycles. The first-order valence-electron chi connectivity index (χ1n) is 8.91. The van der Waals surface area contributed by atoms with Crippen molar-refractivity contribution < 1.29 is 4.79 Å². The smallest absolute Gasteiger partial charge is 0.239 e. The van der Waals surface area contributed by atoms with Crippen molar-refractivity contribution in [3.8, 4) is 0 Å². The minimum Gasteiger partial charge on any atom is -0.360 e. The number of benzene rings is 1. The summed E-state index contributed by atoms with van der Waals surface area (Å²) in [6, 6.07) is 10.3. The van der Waals surface area contributed by atoms with E-state index in [2.05, 4.69) is 36.6 Å². The van der Waals surface area contributed by atoms with E-state index in [0.29, 0.717) is 5.75 Å². The second kappa shape index (κ2) is 8.71. The second-order valence-corrected chi connectivity index (χ2v) is 8.88. The highest BCUT2D eigenvalue weighted by atomic mass is 32.2. The molecule has 3 rings (SSSR count). The Hall–Kier alpha value is -2.12. The Kier molecular flexibility index (Phi) is 6.34. The van der Waals surface area contributed by atoms with Crippen LogP contribution in [0.5, 0.6) is 0 Å². The summed E-state index contributed by atoms with van der Waals surface area (Å²) in [7, 11) is 0. The van der Waals surface area contributed by atoms with Crippen molar-refractivity contribution in [3.05, 3.63) is 46.6 Å². The van der Waals surface area contributed by atoms with Gasteiger partial charge < -0.3 is 10.6 Å². The lowest BCUT2D eigenvalue weighted by molar-refractivity contribution is -0.119. The molecule has 5 nitrogen and oxygen atoms in total. The van der Waals surface area contributed by atoms with Crippen molar-refractivity contribution in [2.75, 3.05) is 11.9 Å². The van der Waals surface area contributed by atoms with Gasteiger partial charge in [0.1, 0.15) is 16.5 Å². The number of aryl methyl sites for hydroxylation is 2. The average Bonchev–Trinajstić information content (AvgIpc) is 2.92. The Morgan fingerprint density at radius 3 is 2.63 bits per heavy atom. The van der Waals surface area contributed by atoms with Gasteiger partial charge in [0, 0.05) is 15.8 Å². The molecular formula is C20H24N4OS2. The van der Waals surface area contributed by atoms with E-state index >= 15 is 0 Å². The summed E-state index contributed by atoms with van der Waals surface area (Å²) < 4.78 is 0. The minimum atomic E-state index is -0.0402. The summed E-state index contributed by atoms with van der Waals surface area (Å²) in [5, 5.41) is 7.13. The van der Waals surface area contributed by atoms with Crippen LogP contribution in [0.3, 0.4) is 0 Å². The zero-order valence-corrected chi connectivity index (χ0v) is 17.6. The summed E-state index contributed by atoms with van der Waals surface area (Å²) in [4.78, 5) is 24.9. The number of anilines is 1. The highest BCUT2D eigenvalue weighted by Gasteiger charge is 2.15. The monoisotopic (exact) mass is 400 g/mol. The maximum atomic E-state index is 12.0. The number of rotatable bonds is 7. The largest absolute Gasteiger partial charge is 0.360 e. The van der Waals surface area contributed by atoms with Crippen LogP contribution in [0.2, 0.25) is 0 Å². The fourth-order valence-electron chi connectivity index (χ4n) is 2.69. The summed E-state index contributed by atoms with van der Waals surface area (Å²) in [5.41, 5.74) is 1.17. The topological polar surface area (TPSA) is 66.9 Å². The molecular weight excluding hydrogens is 376 g/mol. The average molecular weight is 401 g/mol. The summed E-state index contributed by atoms with van der Waals surface area (Å²) in [6.45, 7) is 8.27. The third-order valence-corrected chi connectivity index (χ3v) is 6.16. The van der Waals surface area contributed by atoms with Crippen LogP contribution in [0.15, 0.2) is 35.2 Å². The molecule has 0 atom stereocenters. The van der Waals surface area contributed by atoms with Crippen LogP contribution in [0.1, 0.15) is 30.1 Å². The van der Waals surface area contributed by atoms with Crippen LogP contribution in [0.4, 0.5) is 5.82 Å². The van der Waals surface area contributed by atoms with Crippen LogP contribution < -0.4 is 10.6 Å². The lowest BCUT2D eigenvalue weighted by atomic mass is 10.2. The van der Waals surface area contributed by atoms with Crippen LogP contribution in [0.25, 0.3) is 10.2 Å². The fraction of sp³-hybridized carbons (Fsp3) is 0.350. The van der Waals surface area contributed by atoms with E-state index in [9.17, 15) is 4.79 Å². The van der Waals surface area contributed by atoms with Gasteiger partial charge in [0.05, 0.1) is 17.7 Å². The molecule has 0 radical (unpaired) electrons. The van der Waals surface area contributed by atoms with Gasteiger partial charge in [0.15, 0.2) is 0 Å². The van der Waals surface area contributed by atoms with Crippen molar-refractivity contribution in [3.63, 3.8) is 0 Å². The van der Waals surface area contributed by atoms with E-state index in [4.69, 9.17) is 9.97 Å². The van der Waals surface area contributed by atoms with Crippen molar-refractivity contribution in [1.82, 2.24) is 15.3 Å². The Labute approximate surface area is 168 Å². The third kappa shape index (κ3) is 4.99. The van der Waals surface area contributed by atoms with Crippen molar-refractivity contribution in [2.24, 2.45) is 0 Å². The van der Waals surface area contributed by atoms with E-state index in [0.717, 1.165) is 21.9 Å². The summed E-state index contributed by atoms with van der Waals surface area (Å²) in [6.07, 6.45) is 0. The van der Waals surface area contributed by atoms with Crippen molar-refractivity contribution in [1.29, 1.82) is 0 Å². The van der Waals surface area contributed by atoms with Crippen LogP contribution in [-0.4, -0.2) is 28.5 Å². The molecule has 0 aliphatic rings.